The van der Waals surface area contributed by atoms with Gasteiger partial charge in [0.2, 0.25) is 5.91 Å². The van der Waals surface area contributed by atoms with E-state index in [4.69, 9.17) is 44.3 Å². The lowest BCUT2D eigenvalue weighted by Gasteiger charge is -2.43. The van der Waals surface area contributed by atoms with Gasteiger partial charge in [-0.15, -0.1) is 0 Å². The number of amides is 1. The van der Waals surface area contributed by atoms with Crippen LogP contribution in [0.2, 0.25) is 15.1 Å². The summed E-state index contributed by atoms with van der Waals surface area (Å²) in [6.07, 6.45) is 0.273. The van der Waals surface area contributed by atoms with E-state index in [1.807, 2.05) is 59.5 Å². The molecular weight excluding hydrogens is 495 g/mol. The van der Waals surface area contributed by atoms with Gasteiger partial charge in [0.05, 0.1) is 37.4 Å². The summed E-state index contributed by atoms with van der Waals surface area (Å²) < 4.78 is 10.7. The van der Waals surface area contributed by atoms with Crippen molar-refractivity contribution in [3.05, 3.63) is 86.9 Å². The minimum atomic E-state index is -0.0842. The van der Waals surface area contributed by atoms with Crippen molar-refractivity contribution in [1.82, 2.24) is 4.90 Å². The van der Waals surface area contributed by atoms with Gasteiger partial charge >= 0.3 is 0 Å². The summed E-state index contributed by atoms with van der Waals surface area (Å²) in [4.78, 5) is 17.4. The number of methoxy groups -OCH3 is 2. The van der Waals surface area contributed by atoms with Crippen LogP contribution in [-0.4, -0.2) is 44.7 Å². The van der Waals surface area contributed by atoms with Crippen LogP contribution in [0.15, 0.2) is 60.7 Å². The van der Waals surface area contributed by atoms with E-state index >= 15 is 0 Å². The highest BCUT2D eigenvalue weighted by atomic mass is 35.5. The molecule has 0 aliphatic carbocycles. The zero-order chi connectivity index (χ0) is 24.2. The van der Waals surface area contributed by atoms with Crippen molar-refractivity contribution in [3.8, 4) is 11.5 Å². The molecule has 0 saturated carbocycles. The van der Waals surface area contributed by atoms with Gasteiger partial charge in [-0.1, -0.05) is 53.0 Å². The number of nitrogens with zero attached hydrogens (tertiary/aromatic N) is 2. The second-order valence-electron chi connectivity index (χ2n) is 8.06. The molecule has 4 rings (SSSR count). The van der Waals surface area contributed by atoms with Crippen LogP contribution in [0.1, 0.15) is 17.2 Å². The highest BCUT2D eigenvalue weighted by Crippen LogP contribution is 2.37. The first kappa shape index (κ1) is 24.5. The van der Waals surface area contributed by atoms with E-state index in [0.29, 0.717) is 46.2 Å². The minimum Gasteiger partial charge on any atom is -0.493 e. The first-order chi connectivity index (χ1) is 16.4. The molecule has 178 valence electrons. The first-order valence-electron chi connectivity index (χ1n) is 10.9. The number of benzene rings is 3. The highest BCUT2D eigenvalue weighted by molar-refractivity contribution is 6.36. The molecule has 0 radical (unpaired) electrons. The van der Waals surface area contributed by atoms with E-state index < -0.39 is 0 Å². The maximum atomic E-state index is 13.3. The lowest BCUT2D eigenvalue weighted by Crippen LogP contribution is -2.51. The largest absolute Gasteiger partial charge is 0.493 e. The Hall–Kier alpha value is -2.60. The van der Waals surface area contributed by atoms with Crippen molar-refractivity contribution < 1.29 is 14.3 Å². The SMILES string of the molecule is COc1ccc(CC(=O)N2CCN(c3ccc(Cl)cc3Cl)C(c3ccc(Cl)cc3)C2)cc1OC. The van der Waals surface area contributed by atoms with Crippen molar-refractivity contribution in [1.29, 1.82) is 0 Å². The fourth-order valence-corrected chi connectivity index (χ4v) is 4.90. The Morgan fingerprint density at radius 1 is 0.882 bits per heavy atom. The Balaban J connectivity index is 1.58. The average Bonchev–Trinajstić information content (AvgIpc) is 2.84. The number of carbonyl (C=O) groups excluding carboxylic acids is 1. The summed E-state index contributed by atoms with van der Waals surface area (Å²) >= 11 is 18.8. The van der Waals surface area contributed by atoms with E-state index in [1.165, 1.54) is 0 Å². The van der Waals surface area contributed by atoms with Gasteiger partial charge in [-0.2, -0.15) is 0 Å². The molecule has 8 heteroatoms. The van der Waals surface area contributed by atoms with Crippen molar-refractivity contribution in [2.24, 2.45) is 0 Å². The number of piperazine rings is 1. The van der Waals surface area contributed by atoms with Crippen LogP contribution >= 0.6 is 34.8 Å². The molecule has 1 heterocycles. The number of carbonyl (C=O) groups is 1. The number of anilines is 1. The predicted molar refractivity (Wildman–Crippen MR) is 138 cm³/mol. The molecule has 1 amide bonds. The van der Waals surface area contributed by atoms with Gasteiger partial charge in [0.25, 0.3) is 0 Å². The van der Waals surface area contributed by atoms with E-state index in [-0.39, 0.29) is 18.4 Å². The zero-order valence-electron chi connectivity index (χ0n) is 18.9. The molecule has 1 atom stereocenters. The molecule has 1 unspecified atom stereocenters. The Kier molecular flexibility index (Phi) is 7.77. The summed E-state index contributed by atoms with van der Waals surface area (Å²) in [5.74, 6) is 1.29. The second kappa shape index (κ2) is 10.8. The molecular formula is C26H25Cl3N2O3. The Morgan fingerprint density at radius 3 is 2.26 bits per heavy atom. The van der Waals surface area contributed by atoms with E-state index in [9.17, 15) is 4.79 Å². The monoisotopic (exact) mass is 518 g/mol. The van der Waals surface area contributed by atoms with Crippen molar-refractivity contribution in [2.75, 3.05) is 38.8 Å². The van der Waals surface area contributed by atoms with Gasteiger partial charge in [-0.25, -0.2) is 0 Å². The van der Waals surface area contributed by atoms with Gasteiger partial charge in [0, 0.05) is 29.7 Å². The summed E-state index contributed by atoms with van der Waals surface area (Å²) in [6, 6.07) is 18.7. The van der Waals surface area contributed by atoms with Crippen LogP contribution in [0, 0.1) is 0 Å². The molecule has 1 aliphatic heterocycles. The minimum absolute atomic E-state index is 0.0491. The molecule has 1 fully saturated rings. The Labute approximate surface area is 214 Å². The molecule has 0 bridgehead atoms. The van der Waals surface area contributed by atoms with Crippen LogP contribution in [0.3, 0.4) is 0 Å². The van der Waals surface area contributed by atoms with Crippen molar-refractivity contribution >= 4 is 46.4 Å². The highest BCUT2D eigenvalue weighted by Gasteiger charge is 2.32. The molecule has 0 aromatic heterocycles. The third-order valence-corrected chi connectivity index (χ3v) is 6.80. The van der Waals surface area contributed by atoms with Crippen molar-refractivity contribution in [2.45, 2.75) is 12.5 Å². The zero-order valence-corrected chi connectivity index (χ0v) is 21.2. The number of hydrogen-bond acceptors (Lipinski definition) is 4. The average molecular weight is 520 g/mol. The predicted octanol–water partition coefficient (Wildman–Crippen LogP) is 6.30. The lowest BCUT2D eigenvalue weighted by molar-refractivity contribution is -0.131. The normalized spacial score (nSPS) is 15.9. The van der Waals surface area contributed by atoms with Crippen LogP contribution in [0.4, 0.5) is 5.69 Å². The van der Waals surface area contributed by atoms with E-state index in [1.54, 1.807) is 20.3 Å². The van der Waals surface area contributed by atoms with Gasteiger partial charge in [-0.3, -0.25) is 4.79 Å². The van der Waals surface area contributed by atoms with Crippen LogP contribution in [0.25, 0.3) is 0 Å². The maximum absolute atomic E-state index is 13.3. The quantitative estimate of drug-likeness (QED) is 0.383. The fourth-order valence-electron chi connectivity index (χ4n) is 4.26. The molecule has 3 aromatic rings. The van der Waals surface area contributed by atoms with E-state index in [0.717, 1.165) is 16.8 Å². The summed E-state index contributed by atoms with van der Waals surface area (Å²) in [6.45, 7) is 1.73. The standard InChI is InChI=1S/C26H25Cl3N2O3/c1-33-24-10-3-17(13-25(24)34-2)14-26(32)30-11-12-31(22-9-8-20(28)15-21(22)29)23(16-30)18-4-6-19(27)7-5-18/h3-10,13,15,23H,11-12,14,16H2,1-2H3. The topological polar surface area (TPSA) is 42.0 Å². The third kappa shape index (κ3) is 5.38. The molecule has 34 heavy (non-hydrogen) atoms. The molecule has 1 aliphatic rings. The second-order valence-corrected chi connectivity index (χ2v) is 9.34. The van der Waals surface area contributed by atoms with Crippen LogP contribution < -0.4 is 14.4 Å². The molecule has 0 spiro atoms. The molecule has 1 saturated heterocycles. The fraction of sp³-hybridized carbons (Fsp3) is 0.269. The maximum Gasteiger partial charge on any atom is 0.227 e. The van der Waals surface area contributed by atoms with E-state index in [2.05, 4.69) is 4.90 Å². The number of hydrogen-bond donors (Lipinski definition) is 0. The molecule has 3 aromatic carbocycles. The van der Waals surface area contributed by atoms with Gasteiger partial charge in [0.15, 0.2) is 11.5 Å². The molecule has 5 nitrogen and oxygen atoms in total. The van der Waals surface area contributed by atoms with Crippen LogP contribution in [0.5, 0.6) is 11.5 Å². The number of halogens is 3. The van der Waals surface area contributed by atoms with Gasteiger partial charge < -0.3 is 19.3 Å². The Bertz CT molecular complexity index is 1170. The summed E-state index contributed by atoms with van der Waals surface area (Å²) in [7, 11) is 3.17. The molecule has 0 N–H and O–H groups in total. The first-order valence-corrected chi connectivity index (χ1v) is 12.0. The number of rotatable bonds is 6. The van der Waals surface area contributed by atoms with Gasteiger partial charge in [-0.05, 0) is 53.6 Å². The summed E-state index contributed by atoms with van der Waals surface area (Å²) in [5, 5.41) is 1.83. The summed E-state index contributed by atoms with van der Waals surface area (Å²) in [5.41, 5.74) is 2.81. The lowest BCUT2D eigenvalue weighted by atomic mass is 10.0. The van der Waals surface area contributed by atoms with Crippen molar-refractivity contribution in [3.63, 3.8) is 0 Å². The van der Waals surface area contributed by atoms with Crippen LogP contribution in [-0.2, 0) is 11.2 Å². The Morgan fingerprint density at radius 2 is 1.59 bits per heavy atom. The third-order valence-electron chi connectivity index (χ3n) is 6.01. The number of ether oxygens (including phenoxy) is 2. The smallest absolute Gasteiger partial charge is 0.227 e. The van der Waals surface area contributed by atoms with Gasteiger partial charge in [0.1, 0.15) is 0 Å².